The van der Waals surface area contributed by atoms with Crippen LogP contribution in [0.15, 0.2) is 346 Å². The average Bonchev–Trinajstić information content (AvgIpc) is 1.55. The van der Waals surface area contributed by atoms with Gasteiger partial charge in [-0.2, -0.15) is 0 Å². The maximum atomic E-state index is 4.04. The molecule has 0 atom stereocenters. The zero-order valence-corrected chi connectivity index (χ0v) is 56.4. The highest BCUT2D eigenvalue weighted by Gasteiger charge is 2.38. The van der Waals surface area contributed by atoms with Gasteiger partial charge in [0.05, 0.1) is 22.1 Å². The Morgan fingerprint density at radius 1 is 0.263 bits per heavy atom. The minimum atomic E-state index is -0.211. The topological polar surface area (TPSA) is 9.86 Å². The smallest absolute Gasteiger partial charge is 0.0544 e. The summed E-state index contributed by atoms with van der Waals surface area (Å²) in [4.78, 5) is 0. The van der Waals surface area contributed by atoms with Gasteiger partial charge in [0.25, 0.3) is 0 Å². The number of rotatable bonds is 12. The zero-order chi connectivity index (χ0) is 66.7. The van der Waals surface area contributed by atoms with E-state index in [1.54, 1.807) is 0 Å². The highest BCUT2D eigenvalue weighted by molar-refractivity contribution is 6.14. The monoisotopic (exact) mass is 1260 g/mol. The summed E-state index contributed by atoms with van der Waals surface area (Å²) in [5, 5.41) is 4.93. The van der Waals surface area contributed by atoms with Crippen LogP contribution in [0.2, 0.25) is 0 Å². The number of aromatic nitrogens is 2. The number of hydrogen-bond donors (Lipinski definition) is 0. The first-order valence-corrected chi connectivity index (χ1v) is 34.6. The van der Waals surface area contributed by atoms with Gasteiger partial charge in [-0.15, -0.1) is 0 Å². The lowest BCUT2D eigenvalue weighted by Crippen LogP contribution is -2.16. The van der Waals surface area contributed by atoms with E-state index in [0.717, 1.165) is 16.9 Å². The van der Waals surface area contributed by atoms with Crippen molar-refractivity contribution < 1.29 is 0 Å². The lowest BCUT2D eigenvalue weighted by molar-refractivity contribution is 0.654. The number of hydrogen-bond acceptors (Lipinski definition) is 0. The lowest BCUT2D eigenvalue weighted by atomic mass is 9.80. The van der Waals surface area contributed by atoms with Crippen molar-refractivity contribution in [2.75, 3.05) is 0 Å². The molecule has 99 heavy (non-hydrogen) atoms. The predicted octanol–water partition coefficient (Wildman–Crippen LogP) is 26.3. The molecule has 0 aliphatic heterocycles. The molecule has 0 amide bonds. The highest BCUT2D eigenvalue weighted by Crippen LogP contribution is 2.53. The quantitative estimate of drug-likeness (QED) is 0.108. The average molecular weight is 1270 g/mol. The van der Waals surface area contributed by atoms with Gasteiger partial charge < -0.3 is 9.13 Å². The fourth-order valence-electron chi connectivity index (χ4n) is 16.6. The normalized spacial score (nSPS) is 13.6. The summed E-state index contributed by atoms with van der Waals surface area (Å²) < 4.78 is 5.02. The predicted molar refractivity (Wildman–Crippen MR) is 421 cm³/mol. The Morgan fingerprint density at radius 2 is 0.606 bits per heavy atom. The van der Waals surface area contributed by atoms with Crippen LogP contribution in [-0.2, 0) is 10.8 Å². The van der Waals surface area contributed by atoms with E-state index in [1.165, 1.54) is 172 Å². The second-order valence-electron chi connectivity index (χ2n) is 28.1. The molecule has 470 valence electrons. The van der Waals surface area contributed by atoms with Gasteiger partial charge in [0.1, 0.15) is 0 Å². The third-order valence-electron chi connectivity index (χ3n) is 21.6. The molecule has 0 fully saturated rings. The van der Waals surface area contributed by atoms with Crippen molar-refractivity contribution in [3.05, 3.63) is 368 Å². The zero-order valence-electron chi connectivity index (χ0n) is 56.4. The second kappa shape index (κ2) is 23.3. The third-order valence-corrected chi connectivity index (χ3v) is 21.6. The van der Waals surface area contributed by atoms with Crippen molar-refractivity contribution in [1.82, 2.24) is 9.13 Å². The van der Waals surface area contributed by atoms with Gasteiger partial charge in [-0.3, -0.25) is 0 Å². The van der Waals surface area contributed by atoms with Crippen molar-refractivity contribution in [1.29, 1.82) is 0 Å². The van der Waals surface area contributed by atoms with E-state index in [9.17, 15) is 0 Å². The van der Waals surface area contributed by atoms with Gasteiger partial charge in [0.15, 0.2) is 0 Å². The lowest BCUT2D eigenvalue weighted by Gasteiger charge is -2.23. The maximum absolute atomic E-state index is 4.04. The van der Waals surface area contributed by atoms with Crippen LogP contribution in [0, 0.1) is 0 Å². The van der Waals surface area contributed by atoms with Crippen LogP contribution in [0.4, 0.5) is 0 Å². The molecule has 16 aromatic rings. The van der Waals surface area contributed by atoms with Crippen molar-refractivity contribution in [2.24, 2.45) is 0 Å². The molecule has 14 aromatic carbocycles. The van der Waals surface area contributed by atoms with Crippen LogP contribution in [0.25, 0.3) is 161 Å². The van der Waals surface area contributed by atoms with E-state index in [4.69, 9.17) is 0 Å². The summed E-state index contributed by atoms with van der Waals surface area (Å²) in [6.07, 6.45) is 6.22. The molecule has 2 aliphatic carbocycles. The summed E-state index contributed by atoms with van der Waals surface area (Å²) in [6.45, 7) is 15.8. The van der Waals surface area contributed by atoms with Gasteiger partial charge in [-0.1, -0.05) is 259 Å². The van der Waals surface area contributed by atoms with Crippen LogP contribution in [0.3, 0.4) is 0 Å². The van der Waals surface area contributed by atoms with Crippen LogP contribution >= 0.6 is 0 Å². The molecule has 2 aromatic heterocycles. The molecule has 0 radical (unpaired) electrons. The minimum Gasteiger partial charge on any atom is -0.309 e. The van der Waals surface area contributed by atoms with Crippen molar-refractivity contribution in [3.63, 3.8) is 0 Å². The summed E-state index contributed by atoms with van der Waals surface area (Å²) >= 11 is 0. The van der Waals surface area contributed by atoms with E-state index in [0.29, 0.717) is 0 Å². The molecule has 0 unspecified atom stereocenters. The van der Waals surface area contributed by atoms with E-state index in [2.05, 4.69) is 378 Å². The molecule has 0 bridgehead atoms. The number of nitrogens with zero attached hydrogens (tertiary/aromatic N) is 2. The number of fused-ring (bicyclic) bond motifs is 10. The molecule has 2 heterocycles. The molecule has 0 saturated carbocycles. The standard InChI is InChI=1S/C97H72N2/c1-7-8-38-88-62(2)82-58-86-84-56-71(44-46-92(84)98(94(86)60-90(82)96(88,3)4)79-35-23-33-69(54-79)77-50-73(63-25-13-9-14-26-63)48-74(51-77)64-27-15-10-16-28-64)67-40-42-68(43-41-67)72-45-47-93-85(57-72)87-59-83-81-37-21-22-39-89(81)97(5,6)91(83)61-95(87)99(93)80-36-24-34-70(55-80)78-52-75(65-29-17-11-18-30-65)49-76(53-78)66-31-19-12-20-32-66/h7-61H,1H2,2-6H3/b38-8-. The fraction of sp³-hybridized carbons (Fsp3) is 0.0722. The van der Waals surface area contributed by atoms with Gasteiger partial charge in [-0.05, 0) is 250 Å². The van der Waals surface area contributed by atoms with Gasteiger partial charge in [0.2, 0.25) is 0 Å². The Kier molecular flexibility index (Phi) is 14.0. The van der Waals surface area contributed by atoms with E-state index in [1.807, 2.05) is 6.08 Å². The van der Waals surface area contributed by atoms with E-state index >= 15 is 0 Å². The van der Waals surface area contributed by atoms with Crippen LogP contribution in [0.5, 0.6) is 0 Å². The Hall–Kier alpha value is -12.1. The van der Waals surface area contributed by atoms with Gasteiger partial charge in [-0.25, -0.2) is 0 Å². The van der Waals surface area contributed by atoms with Crippen molar-refractivity contribution in [2.45, 2.75) is 45.4 Å². The molecule has 18 rings (SSSR count). The SMILES string of the molecule is C=C/C=C\C1=C(C)c2cc3c4cc(-c5ccc(-c6ccc7c(c6)c6cc8c(cc6n7-c6cccc(-c7cc(-c9ccccc9)cc(-c9ccccc9)c7)c6)C(C)(C)c6ccccc6-8)cc5)ccc4n(-c4cccc(-c5cc(-c6ccccc6)cc(-c6ccccc6)c5)c4)c3cc2C1(C)C. The van der Waals surface area contributed by atoms with Crippen LogP contribution < -0.4 is 0 Å². The van der Waals surface area contributed by atoms with Gasteiger partial charge in [0, 0.05) is 43.7 Å². The Bertz CT molecular complexity index is 5890. The molecule has 2 nitrogen and oxygen atoms in total. The summed E-state index contributed by atoms with van der Waals surface area (Å²) in [5.74, 6) is 0. The Labute approximate surface area is 579 Å². The molecule has 2 aliphatic rings. The minimum absolute atomic E-state index is 0.166. The molecule has 0 N–H and O–H groups in total. The summed E-state index contributed by atoms with van der Waals surface area (Å²) in [6, 6.07) is 118. The third kappa shape index (κ3) is 9.92. The molecular weight excluding hydrogens is 1190 g/mol. The van der Waals surface area contributed by atoms with E-state index in [-0.39, 0.29) is 10.8 Å². The van der Waals surface area contributed by atoms with E-state index < -0.39 is 0 Å². The van der Waals surface area contributed by atoms with Crippen LogP contribution in [0.1, 0.15) is 56.9 Å². The number of benzene rings is 14. The molecular formula is C97H72N2. The Balaban J connectivity index is 0.754. The first-order valence-electron chi connectivity index (χ1n) is 34.6. The van der Waals surface area contributed by atoms with Crippen molar-refractivity contribution >= 4 is 49.2 Å². The highest BCUT2D eigenvalue weighted by atomic mass is 15.0. The summed E-state index contributed by atoms with van der Waals surface area (Å²) in [7, 11) is 0. The molecule has 2 heteroatoms. The molecule has 0 spiro atoms. The second-order valence-corrected chi connectivity index (χ2v) is 28.1. The molecule has 0 saturated heterocycles. The van der Waals surface area contributed by atoms with Crippen LogP contribution in [-0.4, -0.2) is 9.13 Å². The Morgan fingerprint density at radius 3 is 1.04 bits per heavy atom. The number of allylic oxidation sites excluding steroid dienone is 5. The summed E-state index contributed by atoms with van der Waals surface area (Å²) in [5.41, 5.74) is 36.2. The maximum Gasteiger partial charge on any atom is 0.0544 e. The van der Waals surface area contributed by atoms with Gasteiger partial charge >= 0.3 is 0 Å². The first-order chi connectivity index (χ1) is 48.4. The first kappa shape index (κ1) is 59.4. The largest absolute Gasteiger partial charge is 0.309 e. The van der Waals surface area contributed by atoms with Crippen molar-refractivity contribution in [3.8, 4) is 112 Å². The fourth-order valence-corrected chi connectivity index (χ4v) is 16.6.